The molecule has 3 nitrogen and oxygen atoms in total. The number of allylic oxidation sites excluding steroid dienone is 1. The first-order valence-electron chi connectivity index (χ1n) is 4.38. The average molecular weight is 317 g/mol. The SMILES string of the molecule is CN(C)/C=C/C(=O)c1cc(I)ccc1O. The largest absolute Gasteiger partial charge is 0.507 e. The first-order valence-corrected chi connectivity index (χ1v) is 5.46. The Hall–Kier alpha value is -1.04. The van der Waals surface area contributed by atoms with Crippen LogP contribution in [0.4, 0.5) is 0 Å². The summed E-state index contributed by atoms with van der Waals surface area (Å²) in [4.78, 5) is 13.4. The third-order valence-electron chi connectivity index (χ3n) is 1.75. The minimum atomic E-state index is -0.195. The Morgan fingerprint density at radius 3 is 2.73 bits per heavy atom. The topological polar surface area (TPSA) is 40.5 Å². The smallest absolute Gasteiger partial charge is 0.191 e. The van der Waals surface area contributed by atoms with E-state index in [-0.39, 0.29) is 11.5 Å². The van der Waals surface area contributed by atoms with Crippen molar-refractivity contribution in [3.05, 3.63) is 39.6 Å². The van der Waals surface area contributed by atoms with Crippen molar-refractivity contribution in [3.8, 4) is 5.75 Å². The van der Waals surface area contributed by atoms with Gasteiger partial charge < -0.3 is 10.0 Å². The van der Waals surface area contributed by atoms with Gasteiger partial charge in [-0.15, -0.1) is 0 Å². The van der Waals surface area contributed by atoms with E-state index in [0.717, 1.165) is 3.57 Å². The minimum Gasteiger partial charge on any atom is -0.507 e. The average Bonchev–Trinajstić information content (AvgIpc) is 2.18. The van der Waals surface area contributed by atoms with Gasteiger partial charge in [-0.3, -0.25) is 4.79 Å². The number of carbonyl (C=O) groups excluding carboxylic acids is 1. The summed E-state index contributed by atoms with van der Waals surface area (Å²) in [6.07, 6.45) is 3.09. The molecule has 1 N–H and O–H groups in total. The fourth-order valence-electron chi connectivity index (χ4n) is 1.01. The lowest BCUT2D eigenvalue weighted by atomic mass is 10.1. The Morgan fingerprint density at radius 2 is 2.13 bits per heavy atom. The van der Waals surface area contributed by atoms with E-state index in [9.17, 15) is 9.90 Å². The van der Waals surface area contributed by atoms with Crippen LogP contribution in [0, 0.1) is 3.57 Å². The summed E-state index contributed by atoms with van der Waals surface area (Å²) < 4.78 is 0.923. The number of nitrogens with zero attached hydrogens (tertiary/aromatic N) is 1. The number of phenols is 1. The third-order valence-corrected chi connectivity index (χ3v) is 2.42. The summed E-state index contributed by atoms with van der Waals surface area (Å²) in [6, 6.07) is 4.94. The van der Waals surface area contributed by atoms with Crippen molar-refractivity contribution in [2.45, 2.75) is 0 Å². The maximum atomic E-state index is 11.6. The number of halogens is 1. The Balaban J connectivity index is 2.96. The van der Waals surface area contributed by atoms with Gasteiger partial charge in [0.15, 0.2) is 5.78 Å². The van der Waals surface area contributed by atoms with E-state index in [1.165, 1.54) is 12.1 Å². The van der Waals surface area contributed by atoms with E-state index < -0.39 is 0 Å². The van der Waals surface area contributed by atoms with Crippen molar-refractivity contribution >= 4 is 28.4 Å². The van der Waals surface area contributed by atoms with Crippen molar-refractivity contribution in [1.29, 1.82) is 0 Å². The van der Waals surface area contributed by atoms with Crippen molar-refractivity contribution in [1.82, 2.24) is 4.90 Å². The zero-order valence-corrected chi connectivity index (χ0v) is 10.7. The predicted octanol–water partition coefficient (Wildman–Crippen LogP) is 2.25. The number of hydrogen-bond donors (Lipinski definition) is 1. The molecule has 0 fully saturated rings. The number of phenolic OH excluding ortho intramolecular Hbond substituents is 1. The normalized spacial score (nSPS) is 10.6. The Morgan fingerprint density at radius 1 is 1.47 bits per heavy atom. The highest BCUT2D eigenvalue weighted by Crippen LogP contribution is 2.20. The highest BCUT2D eigenvalue weighted by molar-refractivity contribution is 14.1. The Labute approximate surface area is 103 Å². The van der Waals surface area contributed by atoms with E-state index >= 15 is 0 Å². The van der Waals surface area contributed by atoms with Crippen molar-refractivity contribution in [2.75, 3.05) is 14.1 Å². The lowest BCUT2D eigenvalue weighted by Crippen LogP contribution is -2.03. The lowest BCUT2D eigenvalue weighted by molar-refractivity contribution is 0.104. The summed E-state index contributed by atoms with van der Waals surface area (Å²) >= 11 is 2.10. The summed E-state index contributed by atoms with van der Waals surface area (Å²) in [5, 5.41) is 9.50. The van der Waals surface area contributed by atoms with E-state index in [1.54, 1.807) is 23.2 Å². The standard InChI is InChI=1S/C11H12INO2/c1-13(2)6-5-11(15)9-7-8(12)3-4-10(9)14/h3-7,14H,1-2H3/b6-5+. The molecule has 0 unspecified atom stereocenters. The summed E-state index contributed by atoms with van der Waals surface area (Å²) in [5.41, 5.74) is 0.333. The molecule has 0 bridgehead atoms. The molecular weight excluding hydrogens is 305 g/mol. The van der Waals surface area contributed by atoms with Crippen LogP contribution in [0.5, 0.6) is 5.75 Å². The van der Waals surface area contributed by atoms with Gasteiger partial charge in [0.1, 0.15) is 5.75 Å². The lowest BCUT2D eigenvalue weighted by Gasteiger charge is -2.04. The molecule has 0 aliphatic carbocycles. The monoisotopic (exact) mass is 317 g/mol. The van der Waals surface area contributed by atoms with Gasteiger partial charge >= 0.3 is 0 Å². The van der Waals surface area contributed by atoms with Gasteiger partial charge in [-0.1, -0.05) is 0 Å². The zero-order valence-electron chi connectivity index (χ0n) is 8.57. The van der Waals surface area contributed by atoms with Crippen LogP contribution in [0.3, 0.4) is 0 Å². The van der Waals surface area contributed by atoms with Gasteiger partial charge in [0.05, 0.1) is 5.56 Å². The van der Waals surface area contributed by atoms with E-state index in [1.807, 2.05) is 14.1 Å². The highest BCUT2D eigenvalue weighted by atomic mass is 127. The van der Waals surface area contributed by atoms with Crippen molar-refractivity contribution < 1.29 is 9.90 Å². The van der Waals surface area contributed by atoms with Crippen molar-refractivity contribution in [3.63, 3.8) is 0 Å². The molecule has 0 aromatic heterocycles. The molecule has 0 radical (unpaired) electrons. The molecule has 0 aliphatic rings. The van der Waals surface area contributed by atoms with Crippen LogP contribution in [-0.2, 0) is 0 Å². The fourth-order valence-corrected chi connectivity index (χ4v) is 1.50. The van der Waals surface area contributed by atoms with Crippen LogP contribution in [0.15, 0.2) is 30.5 Å². The second kappa shape index (κ2) is 5.16. The minimum absolute atomic E-state index is 0.0174. The molecule has 0 heterocycles. The molecule has 0 atom stereocenters. The second-order valence-electron chi connectivity index (χ2n) is 3.31. The molecule has 4 heteroatoms. The summed E-state index contributed by atoms with van der Waals surface area (Å²) in [5.74, 6) is -0.177. The number of hydrogen-bond acceptors (Lipinski definition) is 3. The molecule has 0 aliphatic heterocycles. The quantitative estimate of drug-likeness (QED) is 0.528. The maximum absolute atomic E-state index is 11.6. The Kier molecular flexibility index (Phi) is 4.14. The molecule has 15 heavy (non-hydrogen) atoms. The molecule has 1 aromatic rings. The molecule has 0 saturated heterocycles. The zero-order chi connectivity index (χ0) is 11.4. The number of aromatic hydroxyl groups is 1. The second-order valence-corrected chi connectivity index (χ2v) is 4.55. The molecule has 1 aromatic carbocycles. The first kappa shape index (κ1) is 12.0. The van der Waals surface area contributed by atoms with Crippen LogP contribution in [0.1, 0.15) is 10.4 Å². The Bertz CT molecular complexity index is 400. The van der Waals surface area contributed by atoms with Gasteiger partial charge in [0.25, 0.3) is 0 Å². The van der Waals surface area contributed by atoms with Crippen molar-refractivity contribution in [2.24, 2.45) is 0 Å². The fraction of sp³-hybridized carbons (Fsp3) is 0.182. The van der Waals surface area contributed by atoms with E-state index in [4.69, 9.17) is 0 Å². The number of rotatable bonds is 3. The molecule has 0 amide bonds. The summed E-state index contributed by atoms with van der Waals surface area (Å²) in [7, 11) is 3.66. The van der Waals surface area contributed by atoms with E-state index in [2.05, 4.69) is 22.6 Å². The molecular formula is C11H12INO2. The molecule has 1 rings (SSSR count). The summed E-state index contributed by atoms with van der Waals surface area (Å²) in [6.45, 7) is 0. The first-order chi connectivity index (χ1) is 7.00. The van der Waals surface area contributed by atoms with Gasteiger partial charge in [-0.25, -0.2) is 0 Å². The van der Waals surface area contributed by atoms with Gasteiger partial charge in [0.2, 0.25) is 0 Å². The number of ketones is 1. The van der Waals surface area contributed by atoms with Crippen LogP contribution in [0.2, 0.25) is 0 Å². The predicted molar refractivity (Wildman–Crippen MR) is 68.0 cm³/mol. The molecule has 0 saturated carbocycles. The van der Waals surface area contributed by atoms with Gasteiger partial charge in [-0.05, 0) is 40.8 Å². The van der Waals surface area contributed by atoms with Crippen LogP contribution >= 0.6 is 22.6 Å². The maximum Gasteiger partial charge on any atom is 0.191 e. The van der Waals surface area contributed by atoms with E-state index in [0.29, 0.717) is 5.56 Å². The van der Waals surface area contributed by atoms with Crippen LogP contribution in [-0.4, -0.2) is 29.9 Å². The highest BCUT2D eigenvalue weighted by Gasteiger charge is 2.08. The van der Waals surface area contributed by atoms with Gasteiger partial charge in [0, 0.05) is 29.9 Å². The number of benzene rings is 1. The number of carbonyl (C=O) groups is 1. The van der Waals surface area contributed by atoms with Crippen LogP contribution < -0.4 is 0 Å². The molecule has 80 valence electrons. The van der Waals surface area contributed by atoms with Gasteiger partial charge in [-0.2, -0.15) is 0 Å². The third kappa shape index (κ3) is 3.54. The molecule has 0 spiro atoms. The van der Waals surface area contributed by atoms with Crippen LogP contribution in [0.25, 0.3) is 0 Å².